The molecule has 24 heavy (non-hydrogen) atoms. The standard InChI is InChI=1S/C18H34O6/c1-3-15(19)9-7-13-23-17(21)11-5-6-12-18(22)24-14-8-10-16(20)4-2/h15-16,19-20H,3-14H2,1-2H3. The fourth-order valence-electron chi connectivity index (χ4n) is 2.10. The molecule has 6 nitrogen and oxygen atoms in total. The molecule has 0 aromatic heterocycles. The summed E-state index contributed by atoms with van der Waals surface area (Å²) in [7, 11) is 0. The van der Waals surface area contributed by atoms with E-state index in [0.29, 0.717) is 77.4 Å². The molecule has 142 valence electrons. The Hall–Kier alpha value is -1.14. The van der Waals surface area contributed by atoms with E-state index in [0.717, 1.165) is 0 Å². The summed E-state index contributed by atoms with van der Waals surface area (Å²) in [5, 5.41) is 18.7. The fraction of sp³-hybridized carbons (Fsp3) is 0.889. The van der Waals surface area contributed by atoms with Crippen molar-refractivity contribution in [2.75, 3.05) is 13.2 Å². The molecule has 0 spiro atoms. The number of carbonyl (C=O) groups excluding carboxylic acids is 2. The lowest BCUT2D eigenvalue weighted by Gasteiger charge is -2.08. The molecule has 0 fully saturated rings. The maximum Gasteiger partial charge on any atom is 0.305 e. The SMILES string of the molecule is CCC(O)CCCOC(=O)CCCCC(=O)OCCCC(O)CC. The van der Waals surface area contributed by atoms with Gasteiger partial charge < -0.3 is 19.7 Å². The van der Waals surface area contributed by atoms with E-state index in [1.54, 1.807) is 0 Å². The number of aliphatic hydroxyl groups is 2. The van der Waals surface area contributed by atoms with Gasteiger partial charge in [-0.3, -0.25) is 9.59 Å². The van der Waals surface area contributed by atoms with Gasteiger partial charge in [-0.1, -0.05) is 13.8 Å². The zero-order chi connectivity index (χ0) is 18.2. The lowest BCUT2D eigenvalue weighted by molar-refractivity contribution is -0.146. The van der Waals surface area contributed by atoms with E-state index in [1.165, 1.54) is 0 Å². The number of unbranched alkanes of at least 4 members (excludes halogenated alkanes) is 1. The topological polar surface area (TPSA) is 93.1 Å². The van der Waals surface area contributed by atoms with Crippen LogP contribution in [0.2, 0.25) is 0 Å². The van der Waals surface area contributed by atoms with Crippen LogP contribution in [0.25, 0.3) is 0 Å². The predicted octanol–water partition coefficient (Wildman–Crippen LogP) is 2.74. The van der Waals surface area contributed by atoms with Crippen LogP contribution >= 0.6 is 0 Å². The van der Waals surface area contributed by atoms with Crippen LogP contribution in [0.4, 0.5) is 0 Å². The van der Waals surface area contributed by atoms with Gasteiger partial charge in [0.05, 0.1) is 25.4 Å². The van der Waals surface area contributed by atoms with Crippen molar-refractivity contribution in [1.82, 2.24) is 0 Å². The highest BCUT2D eigenvalue weighted by Gasteiger charge is 2.07. The summed E-state index contributed by atoms with van der Waals surface area (Å²) in [6, 6.07) is 0. The second kappa shape index (κ2) is 15.4. The smallest absolute Gasteiger partial charge is 0.305 e. The van der Waals surface area contributed by atoms with Gasteiger partial charge in [0.15, 0.2) is 0 Å². The Morgan fingerprint density at radius 3 is 1.46 bits per heavy atom. The monoisotopic (exact) mass is 346 g/mol. The van der Waals surface area contributed by atoms with E-state index < -0.39 is 0 Å². The Bertz CT molecular complexity index is 299. The lowest BCUT2D eigenvalue weighted by atomic mass is 10.1. The van der Waals surface area contributed by atoms with E-state index >= 15 is 0 Å². The van der Waals surface area contributed by atoms with E-state index in [9.17, 15) is 19.8 Å². The first-order valence-corrected chi connectivity index (χ1v) is 9.16. The first-order valence-electron chi connectivity index (χ1n) is 9.16. The number of hydrogen-bond acceptors (Lipinski definition) is 6. The molecular weight excluding hydrogens is 312 g/mol. The number of rotatable bonds is 15. The van der Waals surface area contributed by atoms with Gasteiger partial charge in [0.25, 0.3) is 0 Å². The minimum Gasteiger partial charge on any atom is -0.466 e. The molecule has 0 aromatic carbocycles. The second-order valence-corrected chi connectivity index (χ2v) is 6.06. The minimum atomic E-state index is -0.319. The molecule has 0 saturated carbocycles. The average molecular weight is 346 g/mol. The highest BCUT2D eigenvalue weighted by molar-refractivity contribution is 5.70. The van der Waals surface area contributed by atoms with Crippen molar-refractivity contribution in [3.8, 4) is 0 Å². The van der Waals surface area contributed by atoms with Crippen molar-refractivity contribution < 1.29 is 29.3 Å². The largest absolute Gasteiger partial charge is 0.466 e. The maximum atomic E-state index is 11.5. The Balaban J connectivity index is 3.44. The molecule has 0 aromatic rings. The van der Waals surface area contributed by atoms with Gasteiger partial charge in [-0.25, -0.2) is 0 Å². The summed E-state index contributed by atoms with van der Waals surface area (Å²) in [6.45, 7) is 4.50. The van der Waals surface area contributed by atoms with Crippen LogP contribution in [0.3, 0.4) is 0 Å². The molecule has 0 heterocycles. The van der Waals surface area contributed by atoms with E-state index in [4.69, 9.17) is 9.47 Å². The Labute approximate surface area is 145 Å². The van der Waals surface area contributed by atoms with E-state index in [-0.39, 0.29) is 24.1 Å². The Kier molecular flexibility index (Phi) is 14.7. The third-order valence-corrected chi connectivity index (χ3v) is 3.84. The summed E-state index contributed by atoms with van der Waals surface area (Å²) in [5.74, 6) is -0.522. The van der Waals surface area contributed by atoms with Crippen LogP contribution in [0.15, 0.2) is 0 Å². The van der Waals surface area contributed by atoms with Crippen LogP contribution in [0.1, 0.15) is 78.1 Å². The van der Waals surface area contributed by atoms with Gasteiger partial charge in [0, 0.05) is 12.8 Å². The van der Waals surface area contributed by atoms with Crippen LogP contribution in [-0.2, 0) is 19.1 Å². The molecule has 0 amide bonds. The van der Waals surface area contributed by atoms with Gasteiger partial charge >= 0.3 is 11.9 Å². The molecule has 0 aliphatic rings. The predicted molar refractivity (Wildman–Crippen MR) is 91.4 cm³/mol. The summed E-state index contributed by atoms with van der Waals surface area (Å²) < 4.78 is 10.1. The molecular formula is C18H34O6. The molecule has 2 atom stereocenters. The number of hydrogen-bond donors (Lipinski definition) is 2. The van der Waals surface area contributed by atoms with Crippen LogP contribution in [-0.4, -0.2) is 47.6 Å². The van der Waals surface area contributed by atoms with E-state index in [1.807, 2.05) is 13.8 Å². The van der Waals surface area contributed by atoms with Crippen molar-refractivity contribution in [2.45, 2.75) is 90.3 Å². The molecule has 0 bridgehead atoms. The summed E-state index contributed by atoms with van der Waals surface area (Å²) in [5.41, 5.74) is 0. The van der Waals surface area contributed by atoms with Gasteiger partial charge in [0.1, 0.15) is 0 Å². The highest BCUT2D eigenvalue weighted by atomic mass is 16.5. The van der Waals surface area contributed by atoms with Crippen LogP contribution in [0.5, 0.6) is 0 Å². The van der Waals surface area contributed by atoms with E-state index in [2.05, 4.69) is 0 Å². The summed E-state index contributed by atoms with van der Waals surface area (Å²) in [6.07, 6.45) is 5.19. The Morgan fingerprint density at radius 1 is 0.750 bits per heavy atom. The fourth-order valence-corrected chi connectivity index (χ4v) is 2.10. The molecule has 6 heteroatoms. The first-order chi connectivity index (χ1) is 11.5. The molecule has 0 aliphatic heterocycles. The van der Waals surface area contributed by atoms with Crippen molar-refractivity contribution in [3.05, 3.63) is 0 Å². The third-order valence-electron chi connectivity index (χ3n) is 3.84. The minimum absolute atomic E-state index is 0.261. The number of aliphatic hydroxyl groups excluding tert-OH is 2. The average Bonchev–Trinajstić information content (AvgIpc) is 2.58. The van der Waals surface area contributed by atoms with Gasteiger partial charge in [-0.05, 0) is 51.4 Å². The number of esters is 2. The van der Waals surface area contributed by atoms with Gasteiger partial charge in [0.2, 0.25) is 0 Å². The van der Waals surface area contributed by atoms with Crippen LogP contribution in [0, 0.1) is 0 Å². The Morgan fingerprint density at radius 2 is 1.12 bits per heavy atom. The summed E-state index contributed by atoms with van der Waals surface area (Å²) in [4.78, 5) is 23.0. The molecule has 2 unspecified atom stereocenters. The first kappa shape index (κ1) is 22.9. The van der Waals surface area contributed by atoms with Crippen molar-refractivity contribution in [1.29, 1.82) is 0 Å². The van der Waals surface area contributed by atoms with Gasteiger partial charge in [-0.2, -0.15) is 0 Å². The quantitative estimate of drug-likeness (QED) is 0.350. The maximum absolute atomic E-state index is 11.5. The summed E-state index contributed by atoms with van der Waals surface area (Å²) >= 11 is 0. The highest BCUT2D eigenvalue weighted by Crippen LogP contribution is 2.06. The lowest BCUT2D eigenvalue weighted by Crippen LogP contribution is -2.11. The van der Waals surface area contributed by atoms with Crippen molar-refractivity contribution in [2.24, 2.45) is 0 Å². The van der Waals surface area contributed by atoms with Crippen molar-refractivity contribution >= 4 is 11.9 Å². The van der Waals surface area contributed by atoms with Crippen molar-refractivity contribution in [3.63, 3.8) is 0 Å². The molecule has 0 radical (unpaired) electrons. The molecule has 0 saturated heterocycles. The normalized spacial score (nSPS) is 13.3. The third kappa shape index (κ3) is 14.5. The molecule has 0 aliphatic carbocycles. The second-order valence-electron chi connectivity index (χ2n) is 6.06. The molecule has 2 N–H and O–H groups in total. The molecule has 0 rings (SSSR count). The van der Waals surface area contributed by atoms with Gasteiger partial charge in [-0.15, -0.1) is 0 Å². The number of carbonyl (C=O) groups is 2. The zero-order valence-electron chi connectivity index (χ0n) is 15.2. The number of ether oxygens (including phenoxy) is 2. The van der Waals surface area contributed by atoms with Crippen LogP contribution < -0.4 is 0 Å². The zero-order valence-corrected chi connectivity index (χ0v) is 15.2.